The number of fused-ring (bicyclic) bond motifs is 1. The van der Waals surface area contributed by atoms with Crippen LogP contribution in [0.3, 0.4) is 0 Å². The van der Waals surface area contributed by atoms with Gasteiger partial charge in [-0.3, -0.25) is 9.36 Å². The van der Waals surface area contributed by atoms with Crippen LogP contribution in [0.5, 0.6) is 0 Å². The monoisotopic (exact) mass is 616 g/mol. The number of aromatic nitrogens is 1. The molecule has 2 heterocycles. The maximum Gasteiger partial charge on any atom is 0.271 e. The third kappa shape index (κ3) is 4.54. The van der Waals surface area contributed by atoms with E-state index in [4.69, 9.17) is 4.99 Å². The minimum Gasteiger partial charge on any atom is -0.272 e. The van der Waals surface area contributed by atoms with Gasteiger partial charge < -0.3 is 0 Å². The molecular weight excluding hydrogens is 596 g/mol. The van der Waals surface area contributed by atoms with Gasteiger partial charge in [-0.1, -0.05) is 97.8 Å². The molecule has 1 aliphatic heterocycles. The van der Waals surface area contributed by atoms with E-state index in [1.807, 2.05) is 41.0 Å². The molecule has 6 heteroatoms. The van der Waals surface area contributed by atoms with Crippen molar-refractivity contribution in [3.05, 3.63) is 141 Å². The van der Waals surface area contributed by atoms with Gasteiger partial charge in [0.05, 0.1) is 16.3 Å². The van der Waals surface area contributed by atoms with Crippen LogP contribution in [0.15, 0.2) is 114 Å². The Bertz CT molecular complexity index is 1680. The highest BCUT2D eigenvalue weighted by Crippen LogP contribution is 2.41. The molecule has 1 aromatic heterocycles. The zero-order valence-corrected chi connectivity index (χ0v) is 23.3. The molecule has 4 aromatic rings. The van der Waals surface area contributed by atoms with Gasteiger partial charge >= 0.3 is 0 Å². The van der Waals surface area contributed by atoms with E-state index < -0.39 is 0 Å². The summed E-state index contributed by atoms with van der Waals surface area (Å²) in [5.41, 5.74) is 6.81. The van der Waals surface area contributed by atoms with Crippen LogP contribution in [0, 0.1) is 0 Å². The van der Waals surface area contributed by atoms with Crippen LogP contribution in [0.1, 0.15) is 42.0 Å². The predicted octanol–water partition coefficient (Wildman–Crippen LogP) is 7.01. The number of hydrogen-bond donors (Lipinski definition) is 0. The molecule has 6 rings (SSSR count). The fourth-order valence-electron chi connectivity index (χ4n) is 4.96. The SMILES string of the molecule is O=c1/c(=C\c2ccccc2)sc2n1C(c1ccc(Br)cc1)C1=C(N=2)/C(=C\c2ccc(Br)cc2)CCC1. The zero-order chi connectivity index (χ0) is 24.6. The van der Waals surface area contributed by atoms with Gasteiger partial charge in [0.15, 0.2) is 4.80 Å². The van der Waals surface area contributed by atoms with Gasteiger partial charge in [0, 0.05) is 8.95 Å². The van der Waals surface area contributed by atoms with E-state index in [0.29, 0.717) is 4.53 Å². The summed E-state index contributed by atoms with van der Waals surface area (Å²) in [7, 11) is 0. The maximum absolute atomic E-state index is 13.8. The molecule has 36 heavy (non-hydrogen) atoms. The van der Waals surface area contributed by atoms with E-state index in [9.17, 15) is 4.79 Å². The average molecular weight is 618 g/mol. The van der Waals surface area contributed by atoms with E-state index in [-0.39, 0.29) is 11.6 Å². The van der Waals surface area contributed by atoms with Crippen molar-refractivity contribution in [2.75, 3.05) is 0 Å². The lowest BCUT2D eigenvalue weighted by atomic mass is 9.84. The molecule has 1 atom stereocenters. The van der Waals surface area contributed by atoms with Crippen LogP contribution in [-0.2, 0) is 0 Å². The molecule has 3 nitrogen and oxygen atoms in total. The van der Waals surface area contributed by atoms with Gasteiger partial charge in [0.1, 0.15) is 0 Å². The second-order valence-electron chi connectivity index (χ2n) is 8.99. The number of allylic oxidation sites excluding steroid dienone is 2. The minimum absolute atomic E-state index is 0.0195. The fourth-order valence-corrected chi connectivity index (χ4v) is 6.49. The van der Waals surface area contributed by atoms with Crippen LogP contribution >= 0.6 is 43.2 Å². The molecule has 0 saturated heterocycles. The molecule has 0 fully saturated rings. The van der Waals surface area contributed by atoms with E-state index >= 15 is 0 Å². The molecule has 0 radical (unpaired) electrons. The normalized spacial score (nSPS) is 18.7. The van der Waals surface area contributed by atoms with Crippen molar-refractivity contribution in [2.45, 2.75) is 25.3 Å². The van der Waals surface area contributed by atoms with Crippen molar-refractivity contribution < 1.29 is 0 Å². The van der Waals surface area contributed by atoms with Gasteiger partial charge in [-0.15, -0.1) is 0 Å². The van der Waals surface area contributed by atoms with Crippen molar-refractivity contribution in [1.82, 2.24) is 4.57 Å². The Balaban J connectivity index is 1.58. The molecule has 3 aromatic carbocycles. The third-order valence-corrected chi connectivity index (χ3v) is 8.67. The first-order valence-corrected chi connectivity index (χ1v) is 14.3. The molecule has 0 N–H and O–H groups in total. The first kappa shape index (κ1) is 23.6. The number of rotatable bonds is 3. The Hall–Kier alpha value is -2.80. The van der Waals surface area contributed by atoms with Crippen molar-refractivity contribution in [1.29, 1.82) is 0 Å². The quantitative estimate of drug-likeness (QED) is 0.244. The second-order valence-corrected chi connectivity index (χ2v) is 11.8. The lowest BCUT2D eigenvalue weighted by Crippen LogP contribution is -2.39. The van der Waals surface area contributed by atoms with E-state index in [1.54, 1.807) is 0 Å². The lowest BCUT2D eigenvalue weighted by molar-refractivity contribution is 0.553. The number of halogens is 2. The summed E-state index contributed by atoms with van der Waals surface area (Å²) < 4.78 is 4.71. The maximum atomic E-state index is 13.8. The van der Waals surface area contributed by atoms with Gasteiger partial charge in [0.2, 0.25) is 0 Å². The molecule has 2 aliphatic rings. The van der Waals surface area contributed by atoms with Crippen LogP contribution in [0.25, 0.3) is 12.2 Å². The first-order chi connectivity index (χ1) is 17.6. The summed E-state index contributed by atoms with van der Waals surface area (Å²) in [6, 6.07) is 26.6. The van der Waals surface area contributed by atoms with Gasteiger partial charge in [0.25, 0.3) is 5.56 Å². The van der Waals surface area contributed by atoms with Crippen molar-refractivity contribution in [2.24, 2.45) is 4.99 Å². The standard InChI is InChI=1S/C30H22Br2N2OS/c31-23-13-9-20(10-14-23)17-22-7-4-8-25-27(22)33-30-34(28(25)21-11-15-24(32)16-12-21)29(35)26(36-30)18-19-5-2-1-3-6-19/h1-3,5-6,9-18,28H,4,7-8H2/b22-17-,26-18+. The summed E-state index contributed by atoms with van der Waals surface area (Å²) in [4.78, 5) is 19.7. The number of benzene rings is 3. The summed E-state index contributed by atoms with van der Waals surface area (Å²) in [5, 5.41) is 0. The fraction of sp³-hybridized carbons (Fsp3) is 0.133. The molecule has 1 unspecified atom stereocenters. The van der Waals surface area contributed by atoms with Crippen molar-refractivity contribution in [3.63, 3.8) is 0 Å². The minimum atomic E-state index is -0.157. The summed E-state index contributed by atoms with van der Waals surface area (Å²) in [6.45, 7) is 0. The largest absolute Gasteiger partial charge is 0.272 e. The smallest absolute Gasteiger partial charge is 0.271 e. The lowest BCUT2D eigenvalue weighted by Gasteiger charge is -2.31. The van der Waals surface area contributed by atoms with Crippen LogP contribution in [0.4, 0.5) is 0 Å². The topological polar surface area (TPSA) is 34.4 Å². The Morgan fingerprint density at radius 3 is 2.22 bits per heavy atom. The highest BCUT2D eigenvalue weighted by Gasteiger charge is 2.32. The van der Waals surface area contributed by atoms with E-state index in [1.165, 1.54) is 22.5 Å². The second kappa shape index (κ2) is 9.92. The molecule has 0 spiro atoms. The van der Waals surface area contributed by atoms with E-state index in [0.717, 1.165) is 55.4 Å². The molecule has 0 amide bonds. The third-order valence-electron chi connectivity index (χ3n) is 6.63. The number of nitrogens with zero attached hydrogens (tertiary/aromatic N) is 2. The zero-order valence-electron chi connectivity index (χ0n) is 19.3. The molecule has 0 saturated carbocycles. The Morgan fingerprint density at radius 2 is 1.50 bits per heavy atom. The van der Waals surface area contributed by atoms with Crippen LogP contribution in [0.2, 0.25) is 0 Å². The predicted molar refractivity (Wildman–Crippen MR) is 155 cm³/mol. The first-order valence-electron chi connectivity index (χ1n) is 11.9. The van der Waals surface area contributed by atoms with Gasteiger partial charge in [-0.05, 0) is 83.5 Å². The summed E-state index contributed by atoms with van der Waals surface area (Å²) >= 11 is 8.57. The van der Waals surface area contributed by atoms with Gasteiger partial charge in [-0.2, -0.15) is 0 Å². The highest BCUT2D eigenvalue weighted by molar-refractivity contribution is 9.10. The Morgan fingerprint density at radius 1 is 0.833 bits per heavy atom. The molecule has 178 valence electrons. The van der Waals surface area contributed by atoms with Crippen molar-refractivity contribution >= 4 is 55.3 Å². The molecular formula is C30H22Br2N2OS. The average Bonchev–Trinajstić information content (AvgIpc) is 3.20. The Labute approximate surface area is 230 Å². The van der Waals surface area contributed by atoms with Crippen LogP contribution in [-0.4, -0.2) is 4.57 Å². The summed E-state index contributed by atoms with van der Waals surface area (Å²) in [6.07, 6.45) is 7.17. The van der Waals surface area contributed by atoms with E-state index in [2.05, 4.69) is 86.5 Å². The summed E-state index contributed by atoms with van der Waals surface area (Å²) in [5.74, 6) is 0. The number of hydrogen-bond acceptors (Lipinski definition) is 3. The Kier molecular flexibility index (Phi) is 6.50. The molecule has 0 bridgehead atoms. The highest BCUT2D eigenvalue weighted by atomic mass is 79.9. The molecule has 1 aliphatic carbocycles. The number of thiazole rings is 1. The van der Waals surface area contributed by atoms with Crippen molar-refractivity contribution in [3.8, 4) is 0 Å². The van der Waals surface area contributed by atoms with Crippen LogP contribution < -0.4 is 14.9 Å². The van der Waals surface area contributed by atoms with Gasteiger partial charge in [-0.25, -0.2) is 4.99 Å².